The summed E-state index contributed by atoms with van der Waals surface area (Å²) in [5.41, 5.74) is 0. The minimum atomic E-state index is 0.0149. The van der Waals surface area contributed by atoms with E-state index in [1.165, 1.54) is 32.8 Å². The van der Waals surface area contributed by atoms with E-state index in [0.29, 0.717) is 6.61 Å². The van der Waals surface area contributed by atoms with Crippen molar-refractivity contribution in [2.45, 2.75) is 39.0 Å². The molecule has 0 aliphatic carbocycles. The molecule has 0 atom stereocenters. The molecule has 0 saturated heterocycles. The van der Waals surface area contributed by atoms with Crippen LogP contribution >= 0.6 is 0 Å². The van der Waals surface area contributed by atoms with Gasteiger partial charge in [-0.05, 0) is 6.42 Å². The number of carbonyl (C=O) groups excluding carboxylic acids is 1. The van der Waals surface area contributed by atoms with Crippen molar-refractivity contribution in [3.63, 3.8) is 0 Å². The number of hydrogen-bond acceptors (Lipinski definition) is 3. The van der Waals surface area contributed by atoms with Crippen molar-refractivity contribution in [2.24, 2.45) is 0 Å². The molecule has 0 amide bonds. The van der Waals surface area contributed by atoms with Gasteiger partial charge in [0.1, 0.15) is 13.2 Å². The molecular formula is C11H22O3. The molecule has 84 valence electrons. The average Bonchev–Trinajstić information content (AvgIpc) is 2.17. The third-order valence-corrected chi connectivity index (χ3v) is 1.96. The number of ketones is 1. The third kappa shape index (κ3) is 9.68. The van der Waals surface area contributed by atoms with Crippen LogP contribution in [0.3, 0.4) is 0 Å². The summed E-state index contributed by atoms with van der Waals surface area (Å²) in [6, 6.07) is 0. The zero-order chi connectivity index (χ0) is 10.6. The quantitative estimate of drug-likeness (QED) is 0.509. The molecule has 0 heterocycles. The molecule has 0 bridgehead atoms. The summed E-state index contributed by atoms with van der Waals surface area (Å²) in [6.07, 6.45) is 6.08. The van der Waals surface area contributed by atoms with E-state index in [4.69, 9.17) is 4.74 Å². The minimum absolute atomic E-state index is 0.0149. The van der Waals surface area contributed by atoms with E-state index in [1.54, 1.807) is 0 Å². The van der Waals surface area contributed by atoms with Gasteiger partial charge < -0.3 is 9.47 Å². The Kier molecular flexibility index (Phi) is 10.4. The number of unbranched alkanes of at least 4 members (excludes halogenated alkanes) is 4. The van der Waals surface area contributed by atoms with Gasteiger partial charge in [0, 0.05) is 13.7 Å². The standard InChI is InChI=1S/C11H22O3/c1-3-4-5-6-7-8-14-10-11(12)9-13-2/h3-10H2,1-2H3. The lowest BCUT2D eigenvalue weighted by Gasteiger charge is -2.02. The van der Waals surface area contributed by atoms with E-state index < -0.39 is 0 Å². The molecule has 0 fully saturated rings. The SMILES string of the molecule is CCCCCCCOCC(=O)COC. The summed E-state index contributed by atoms with van der Waals surface area (Å²) in [6.45, 7) is 3.25. The highest BCUT2D eigenvalue weighted by Crippen LogP contribution is 2.02. The Morgan fingerprint density at radius 2 is 1.79 bits per heavy atom. The van der Waals surface area contributed by atoms with E-state index >= 15 is 0 Å². The summed E-state index contributed by atoms with van der Waals surface area (Å²) in [7, 11) is 1.52. The Labute approximate surface area is 86.8 Å². The van der Waals surface area contributed by atoms with Crippen LogP contribution in [0.5, 0.6) is 0 Å². The number of hydrogen-bond donors (Lipinski definition) is 0. The van der Waals surface area contributed by atoms with Gasteiger partial charge in [0.2, 0.25) is 0 Å². The Bertz CT molecular complexity index is 134. The van der Waals surface area contributed by atoms with Crippen molar-refractivity contribution in [1.82, 2.24) is 0 Å². The second-order valence-electron chi connectivity index (χ2n) is 3.44. The first-order valence-electron chi connectivity index (χ1n) is 5.39. The fourth-order valence-corrected chi connectivity index (χ4v) is 1.20. The zero-order valence-corrected chi connectivity index (χ0v) is 9.38. The van der Waals surface area contributed by atoms with E-state index in [2.05, 4.69) is 11.7 Å². The number of carbonyl (C=O) groups is 1. The first-order chi connectivity index (χ1) is 6.81. The highest BCUT2D eigenvalue weighted by Gasteiger charge is 1.99. The Morgan fingerprint density at radius 1 is 1.07 bits per heavy atom. The van der Waals surface area contributed by atoms with Gasteiger partial charge in [-0.2, -0.15) is 0 Å². The topological polar surface area (TPSA) is 35.5 Å². The molecule has 0 spiro atoms. The summed E-state index contributed by atoms with van der Waals surface area (Å²) < 4.78 is 9.88. The zero-order valence-electron chi connectivity index (χ0n) is 9.38. The molecule has 3 nitrogen and oxygen atoms in total. The molecule has 0 aromatic rings. The Balaban J connectivity index is 3.01. The number of rotatable bonds is 10. The number of methoxy groups -OCH3 is 1. The van der Waals surface area contributed by atoms with Crippen LogP contribution in [0.15, 0.2) is 0 Å². The second-order valence-corrected chi connectivity index (χ2v) is 3.44. The molecule has 3 heteroatoms. The van der Waals surface area contributed by atoms with Crippen LogP contribution < -0.4 is 0 Å². The molecule has 0 unspecified atom stereocenters. The first-order valence-corrected chi connectivity index (χ1v) is 5.39. The Hall–Kier alpha value is -0.410. The maximum Gasteiger partial charge on any atom is 0.183 e. The van der Waals surface area contributed by atoms with Gasteiger partial charge in [-0.15, -0.1) is 0 Å². The van der Waals surface area contributed by atoms with Crippen LogP contribution in [0.1, 0.15) is 39.0 Å². The first kappa shape index (κ1) is 13.6. The van der Waals surface area contributed by atoms with Crippen molar-refractivity contribution >= 4 is 5.78 Å². The fraction of sp³-hybridized carbons (Fsp3) is 0.909. The normalized spacial score (nSPS) is 10.4. The second kappa shape index (κ2) is 10.7. The van der Waals surface area contributed by atoms with Gasteiger partial charge in [-0.1, -0.05) is 32.6 Å². The third-order valence-electron chi connectivity index (χ3n) is 1.96. The van der Waals surface area contributed by atoms with Gasteiger partial charge >= 0.3 is 0 Å². The van der Waals surface area contributed by atoms with Crippen molar-refractivity contribution < 1.29 is 14.3 Å². The predicted molar refractivity (Wildman–Crippen MR) is 56.5 cm³/mol. The molecule has 0 aromatic heterocycles. The molecule has 0 radical (unpaired) electrons. The van der Waals surface area contributed by atoms with E-state index in [0.717, 1.165) is 6.42 Å². The molecule has 0 aliphatic rings. The summed E-state index contributed by atoms with van der Waals surface area (Å²) in [5.74, 6) is 0.0149. The van der Waals surface area contributed by atoms with Crippen molar-refractivity contribution in [3.05, 3.63) is 0 Å². The van der Waals surface area contributed by atoms with E-state index in [-0.39, 0.29) is 19.0 Å². The summed E-state index contributed by atoms with van der Waals surface area (Å²) in [4.78, 5) is 10.9. The van der Waals surface area contributed by atoms with Crippen LogP contribution in [0, 0.1) is 0 Å². The van der Waals surface area contributed by atoms with Gasteiger partial charge in [-0.3, -0.25) is 4.79 Å². The van der Waals surface area contributed by atoms with E-state index in [1.807, 2.05) is 0 Å². The number of Topliss-reactive ketones (excluding diaryl/α,β-unsaturated/α-hetero) is 1. The molecule has 0 aliphatic heterocycles. The molecule has 0 N–H and O–H groups in total. The maximum absolute atomic E-state index is 10.9. The van der Waals surface area contributed by atoms with Crippen LogP contribution in [0.4, 0.5) is 0 Å². The lowest BCUT2D eigenvalue weighted by Crippen LogP contribution is -2.14. The highest BCUT2D eigenvalue weighted by molar-refractivity contribution is 5.80. The lowest BCUT2D eigenvalue weighted by molar-refractivity contribution is -0.127. The Morgan fingerprint density at radius 3 is 2.43 bits per heavy atom. The monoisotopic (exact) mass is 202 g/mol. The van der Waals surface area contributed by atoms with Gasteiger partial charge in [0.25, 0.3) is 0 Å². The van der Waals surface area contributed by atoms with Crippen molar-refractivity contribution in [2.75, 3.05) is 26.9 Å². The van der Waals surface area contributed by atoms with E-state index in [9.17, 15) is 4.79 Å². The predicted octanol–water partition coefficient (Wildman–Crippen LogP) is 2.19. The fourth-order valence-electron chi connectivity index (χ4n) is 1.20. The molecule has 0 saturated carbocycles. The summed E-state index contributed by atoms with van der Waals surface area (Å²) >= 11 is 0. The largest absolute Gasteiger partial charge is 0.377 e. The van der Waals surface area contributed by atoms with Crippen molar-refractivity contribution in [3.8, 4) is 0 Å². The van der Waals surface area contributed by atoms with Gasteiger partial charge in [0.15, 0.2) is 5.78 Å². The van der Waals surface area contributed by atoms with Crippen LogP contribution in [-0.4, -0.2) is 32.7 Å². The van der Waals surface area contributed by atoms with Gasteiger partial charge in [-0.25, -0.2) is 0 Å². The summed E-state index contributed by atoms with van der Waals surface area (Å²) in [5, 5.41) is 0. The van der Waals surface area contributed by atoms with Crippen LogP contribution in [0.25, 0.3) is 0 Å². The van der Waals surface area contributed by atoms with Crippen LogP contribution in [0.2, 0.25) is 0 Å². The molecule has 0 rings (SSSR count). The lowest BCUT2D eigenvalue weighted by atomic mass is 10.2. The molecular weight excluding hydrogens is 180 g/mol. The average molecular weight is 202 g/mol. The van der Waals surface area contributed by atoms with Crippen molar-refractivity contribution in [1.29, 1.82) is 0 Å². The number of ether oxygens (including phenoxy) is 2. The smallest absolute Gasteiger partial charge is 0.183 e. The van der Waals surface area contributed by atoms with Crippen LogP contribution in [-0.2, 0) is 14.3 Å². The minimum Gasteiger partial charge on any atom is -0.377 e. The highest BCUT2D eigenvalue weighted by atomic mass is 16.5. The molecule has 14 heavy (non-hydrogen) atoms. The van der Waals surface area contributed by atoms with Gasteiger partial charge in [0.05, 0.1) is 0 Å². The molecule has 0 aromatic carbocycles. The maximum atomic E-state index is 10.9.